The summed E-state index contributed by atoms with van der Waals surface area (Å²) >= 11 is 0. The number of alkyl carbamates (subject to hydrolysis) is 1. The van der Waals surface area contributed by atoms with Gasteiger partial charge < -0.3 is 30.3 Å². The van der Waals surface area contributed by atoms with Gasteiger partial charge in [0.25, 0.3) is 0 Å². The second-order valence-electron chi connectivity index (χ2n) is 8.19. The molecule has 4 N–H and O–H groups in total. The zero-order valence-corrected chi connectivity index (χ0v) is 19.1. The number of rotatable bonds is 11. The van der Waals surface area contributed by atoms with Gasteiger partial charge in [0.15, 0.2) is 5.44 Å². The van der Waals surface area contributed by atoms with E-state index in [2.05, 4.69) is 16.0 Å². The number of amides is 3. The van der Waals surface area contributed by atoms with Crippen LogP contribution in [0.15, 0.2) is 30.3 Å². The highest BCUT2D eigenvalue weighted by Crippen LogP contribution is 2.20. The largest absolute Gasteiger partial charge is 0.746 e. The summed E-state index contributed by atoms with van der Waals surface area (Å²) in [5.74, 6) is -2.20. The molecule has 3 amide bonds. The molecular weight excluding hydrogens is 454 g/mol. The van der Waals surface area contributed by atoms with Crippen molar-refractivity contribution in [3.05, 3.63) is 35.9 Å². The fourth-order valence-electron chi connectivity index (χ4n) is 3.39. The van der Waals surface area contributed by atoms with E-state index in [0.717, 1.165) is 0 Å². The Hall–Kier alpha value is -2.70. The average Bonchev–Trinajstić information content (AvgIpc) is 3.15. The van der Waals surface area contributed by atoms with Gasteiger partial charge >= 0.3 is 6.09 Å². The van der Waals surface area contributed by atoms with Crippen LogP contribution in [0.4, 0.5) is 4.79 Å². The molecule has 1 aliphatic rings. The monoisotopic (exact) mass is 486 g/mol. The molecule has 1 aliphatic heterocycles. The smallest absolute Gasteiger partial charge is 0.408 e. The van der Waals surface area contributed by atoms with Crippen molar-refractivity contribution in [1.82, 2.24) is 16.0 Å². The second-order valence-corrected chi connectivity index (χ2v) is 9.66. The molecule has 1 saturated heterocycles. The Balaban J connectivity index is 2.16. The number of ether oxygens (including phenoxy) is 1. The topological polar surface area (TPSA) is 174 Å². The maximum Gasteiger partial charge on any atom is 0.408 e. The molecule has 12 heteroatoms. The summed E-state index contributed by atoms with van der Waals surface area (Å²) in [4.78, 5) is 37.3. The second kappa shape index (κ2) is 12.0. The van der Waals surface area contributed by atoms with Crippen LogP contribution in [0.5, 0.6) is 0 Å². The van der Waals surface area contributed by atoms with Gasteiger partial charge in [0.05, 0.1) is 8.78 Å². The van der Waals surface area contributed by atoms with Crippen molar-refractivity contribution in [3.8, 4) is 0 Å². The molecule has 0 aliphatic carbocycles. The maximum atomic E-state index is 13.0. The predicted molar refractivity (Wildman–Crippen MR) is 116 cm³/mol. The molecule has 1 heterocycles. The number of carbonyl (C=O) groups excluding carboxylic acids is 3. The van der Waals surface area contributed by atoms with Gasteiger partial charge in [-0.15, -0.1) is 0 Å². The molecule has 4 atom stereocenters. The van der Waals surface area contributed by atoms with Crippen LogP contribution in [-0.2, 0) is 31.0 Å². The lowest BCUT2D eigenvalue weighted by Crippen LogP contribution is -2.55. The molecular formula is C21H30N3O8S-. The molecule has 1 fully saturated rings. The third-order valence-corrected chi connectivity index (χ3v) is 5.94. The highest BCUT2D eigenvalue weighted by molar-refractivity contribution is 7.86. The number of nitrogens with one attached hydrogen (secondary N) is 3. The molecule has 0 saturated carbocycles. The number of aliphatic hydroxyl groups excluding tert-OH is 1. The number of carbonyl (C=O) groups is 3. The minimum absolute atomic E-state index is 0.0477. The number of hydrogen-bond donors (Lipinski definition) is 4. The van der Waals surface area contributed by atoms with E-state index in [-0.39, 0.29) is 24.3 Å². The first-order valence-corrected chi connectivity index (χ1v) is 11.9. The molecule has 1 unspecified atom stereocenters. The Kier molecular flexibility index (Phi) is 8.50. The van der Waals surface area contributed by atoms with Crippen molar-refractivity contribution < 1.29 is 39.9 Å². The molecule has 0 bridgehead atoms. The number of hydrogen-bond acceptors (Lipinski definition) is 8. The lowest BCUT2D eigenvalue weighted by molar-refractivity contribution is -0.126. The van der Waals surface area contributed by atoms with E-state index in [1.165, 1.54) is 12.1 Å². The van der Waals surface area contributed by atoms with Crippen LogP contribution >= 0.6 is 0 Å². The first-order valence-electron chi connectivity index (χ1n) is 11.5. The van der Waals surface area contributed by atoms with Gasteiger partial charge in [0.1, 0.15) is 22.7 Å². The quantitative estimate of drug-likeness (QED) is 0.321. The lowest BCUT2D eigenvalue weighted by atomic mass is 9.97. The van der Waals surface area contributed by atoms with Crippen molar-refractivity contribution in [2.24, 2.45) is 11.8 Å². The van der Waals surface area contributed by atoms with Crippen LogP contribution in [0, 0.1) is 11.8 Å². The Labute approximate surface area is 195 Å². The minimum atomic E-state index is -5.24. The van der Waals surface area contributed by atoms with Crippen LogP contribution in [0.25, 0.3) is 0 Å². The molecule has 0 spiro atoms. The highest BCUT2D eigenvalue weighted by Gasteiger charge is 2.35. The summed E-state index contributed by atoms with van der Waals surface area (Å²) in [5.41, 5.74) is -2.45. The van der Waals surface area contributed by atoms with Gasteiger partial charge in [0, 0.05) is 12.5 Å². The number of benzene rings is 1. The van der Waals surface area contributed by atoms with Gasteiger partial charge in [-0.1, -0.05) is 44.2 Å². The Morgan fingerprint density at radius 2 is 1.97 bits per heavy atom. The minimum Gasteiger partial charge on any atom is -0.746 e. The summed E-state index contributed by atoms with van der Waals surface area (Å²) < 4.78 is 55.1. The summed E-state index contributed by atoms with van der Waals surface area (Å²) in [6.45, 7) is 1.31. The predicted octanol–water partition coefficient (Wildman–Crippen LogP) is 0.202. The van der Waals surface area contributed by atoms with E-state index in [4.69, 9.17) is 7.48 Å². The molecule has 33 heavy (non-hydrogen) atoms. The van der Waals surface area contributed by atoms with Crippen molar-refractivity contribution in [2.45, 2.75) is 57.2 Å². The van der Waals surface area contributed by atoms with Crippen LogP contribution in [-0.4, -0.2) is 60.0 Å². The van der Waals surface area contributed by atoms with Crippen molar-refractivity contribution >= 4 is 28.0 Å². The third-order valence-electron chi connectivity index (χ3n) is 5.02. The molecule has 1 aromatic carbocycles. The highest BCUT2D eigenvalue weighted by atomic mass is 32.2. The van der Waals surface area contributed by atoms with Crippen LogP contribution in [0.2, 0.25) is 0 Å². The molecule has 0 aromatic heterocycles. The normalized spacial score (nSPS) is 20.2. The molecule has 184 valence electrons. The summed E-state index contributed by atoms with van der Waals surface area (Å²) in [6.07, 6.45) is -1.18. The van der Waals surface area contributed by atoms with Crippen LogP contribution in [0.1, 0.15) is 41.4 Å². The molecule has 11 nitrogen and oxygen atoms in total. The van der Waals surface area contributed by atoms with E-state index >= 15 is 0 Å². The first kappa shape index (κ1) is 23.5. The van der Waals surface area contributed by atoms with Gasteiger partial charge in [-0.3, -0.25) is 9.59 Å². The van der Waals surface area contributed by atoms with Crippen molar-refractivity contribution in [3.63, 3.8) is 0 Å². The van der Waals surface area contributed by atoms with Gasteiger partial charge in [-0.2, -0.15) is 0 Å². The average molecular weight is 487 g/mol. The van der Waals surface area contributed by atoms with Crippen LogP contribution in [0.3, 0.4) is 0 Å². The maximum absolute atomic E-state index is 13.0. The lowest BCUT2D eigenvalue weighted by Gasteiger charge is -2.29. The Morgan fingerprint density at radius 1 is 1.30 bits per heavy atom. The van der Waals surface area contributed by atoms with E-state index in [1.807, 2.05) is 0 Å². The summed E-state index contributed by atoms with van der Waals surface area (Å²) in [5, 5.41) is 17.1. The zero-order chi connectivity index (χ0) is 26.4. The molecule has 2 rings (SSSR count). The fourth-order valence-corrected chi connectivity index (χ4v) is 3.98. The standard InChI is InChI=1S/C21H31N3O8S/c1-13(2)10-16(24-21(28)32-12-14-6-4-3-5-7-14)19(26)23-17(20(27)33(29,30)31)11-15-8-9-22-18(15)25/h3-7,13,15-17,20,27H,8-12H2,1-2H3,(H,22,25)(H,23,26)(H,24,28)(H,29,30,31)/p-1/t15-,16-,17-,20?/m0/s1/i12D2. The van der Waals surface area contributed by atoms with Gasteiger partial charge in [-0.05, 0) is 30.7 Å². The molecule has 1 aromatic rings. The van der Waals surface area contributed by atoms with E-state index in [0.29, 0.717) is 13.0 Å². The zero-order valence-electron chi connectivity index (χ0n) is 20.3. The fraction of sp³-hybridized carbons (Fsp3) is 0.571. The van der Waals surface area contributed by atoms with Crippen LogP contribution < -0.4 is 16.0 Å². The Morgan fingerprint density at radius 3 is 2.52 bits per heavy atom. The summed E-state index contributed by atoms with van der Waals surface area (Å²) in [7, 11) is -5.24. The van der Waals surface area contributed by atoms with E-state index in [9.17, 15) is 32.5 Å². The van der Waals surface area contributed by atoms with E-state index in [1.54, 1.807) is 32.0 Å². The van der Waals surface area contributed by atoms with E-state index < -0.39 is 58.0 Å². The first-order chi connectivity index (χ1) is 16.2. The SMILES string of the molecule is [2H]C([2H])(OC(=O)N[C@@H](CC(C)C)C(=O)N[C@@H](C[C@@H]1CCNC1=O)C(O)S(=O)(=O)[O-])c1ccccc1. The van der Waals surface area contributed by atoms with Crippen molar-refractivity contribution in [2.75, 3.05) is 6.54 Å². The third kappa shape index (κ3) is 8.63. The van der Waals surface area contributed by atoms with Gasteiger partial charge in [0.2, 0.25) is 11.8 Å². The van der Waals surface area contributed by atoms with Crippen molar-refractivity contribution in [1.29, 1.82) is 0 Å². The number of aliphatic hydroxyl groups is 1. The Bertz CT molecular complexity index is 1010. The van der Waals surface area contributed by atoms with Gasteiger partial charge in [-0.25, -0.2) is 13.2 Å². The summed E-state index contributed by atoms with van der Waals surface area (Å²) in [6, 6.07) is 4.69. The molecule has 0 radical (unpaired) electrons.